The third-order valence-corrected chi connectivity index (χ3v) is 3.01. The molecule has 1 aromatic heterocycles. The maximum Gasteiger partial charge on any atom is 0.217 e. The number of carbonyl (C=O) groups is 1. The summed E-state index contributed by atoms with van der Waals surface area (Å²) >= 11 is 5.75. The molecule has 19 heavy (non-hydrogen) atoms. The molecular weight excluding hydrogens is 276 g/mol. The number of nitrogens with zero attached hydrogens (tertiary/aromatic N) is 2. The molecule has 0 aliphatic carbocycles. The lowest BCUT2D eigenvalue weighted by Crippen LogP contribution is -2.12. The number of imidazole rings is 1. The minimum Gasteiger partial charge on any atom is -0.370 e. The molecule has 2 N–H and O–H groups in total. The zero-order chi connectivity index (χ0) is 14.0. The van der Waals surface area contributed by atoms with E-state index in [-0.39, 0.29) is 17.8 Å². The van der Waals surface area contributed by atoms with Crippen LogP contribution in [0.1, 0.15) is 18.7 Å². The molecule has 1 amide bonds. The van der Waals surface area contributed by atoms with Crippen molar-refractivity contribution in [2.75, 3.05) is 0 Å². The number of primary amides is 1. The minimum atomic E-state index is -0.727. The van der Waals surface area contributed by atoms with E-state index >= 15 is 0 Å². The second kappa shape index (κ2) is 5.52. The van der Waals surface area contributed by atoms with Gasteiger partial charge in [-0.05, 0) is 12.5 Å². The molecule has 0 fully saturated rings. The van der Waals surface area contributed by atoms with Crippen LogP contribution in [0.2, 0.25) is 0 Å². The van der Waals surface area contributed by atoms with E-state index in [1.54, 1.807) is 4.57 Å². The molecule has 0 bridgehead atoms. The molecule has 0 saturated carbocycles. The van der Waals surface area contributed by atoms with Crippen molar-refractivity contribution in [2.45, 2.75) is 25.3 Å². The van der Waals surface area contributed by atoms with Crippen molar-refractivity contribution in [3.05, 3.63) is 29.6 Å². The number of aromatic nitrogens is 2. The molecule has 0 unspecified atom stereocenters. The van der Waals surface area contributed by atoms with Gasteiger partial charge >= 0.3 is 0 Å². The highest BCUT2D eigenvalue weighted by Crippen LogP contribution is 2.22. The summed E-state index contributed by atoms with van der Waals surface area (Å²) in [7, 11) is 0. The van der Waals surface area contributed by atoms with E-state index < -0.39 is 17.5 Å². The fraction of sp³-hybridized carbons (Fsp3) is 0.333. The van der Waals surface area contributed by atoms with E-state index in [1.165, 1.54) is 6.07 Å². The van der Waals surface area contributed by atoms with Crippen LogP contribution in [0.4, 0.5) is 8.78 Å². The summed E-state index contributed by atoms with van der Waals surface area (Å²) in [4.78, 5) is 14.7. The summed E-state index contributed by atoms with van der Waals surface area (Å²) in [6.45, 7) is 0.379. The molecule has 0 radical (unpaired) electrons. The van der Waals surface area contributed by atoms with Gasteiger partial charge in [0, 0.05) is 19.0 Å². The second-order valence-corrected chi connectivity index (χ2v) is 4.41. The predicted octanol–water partition coefficient (Wildman–Crippen LogP) is 2.32. The summed E-state index contributed by atoms with van der Waals surface area (Å²) < 4.78 is 28.5. The van der Waals surface area contributed by atoms with Gasteiger partial charge in [-0.1, -0.05) is 0 Å². The van der Waals surface area contributed by atoms with Crippen LogP contribution >= 0.6 is 11.6 Å². The number of aryl methyl sites for hydroxylation is 1. The van der Waals surface area contributed by atoms with Crippen LogP contribution < -0.4 is 5.73 Å². The lowest BCUT2D eigenvalue weighted by Gasteiger charge is -2.06. The predicted molar refractivity (Wildman–Crippen MR) is 67.6 cm³/mol. The van der Waals surface area contributed by atoms with Gasteiger partial charge in [-0.25, -0.2) is 13.8 Å². The molecule has 102 valence electrons. The van der Waals surface area contributed by atoms with Crippen molar-refractivity contribution in [3.8, 4) is 0 Å². The molecule has 1 aromatic carbocycles. The van der Waals surface area contributed by atoms with Crippen LogP contribution in [0.15, 0.2) is 12.1 Å². The van der Waals surface area contributed by atoms with Crippen LogP contribution in [0.3, 0.4) is 0 Å². The normalized spacial score (nSPS) is 11.1. The zero-order valence-corrected chi connectivity index (χ0v) is 10.8. The average Bonchev–Trinajstić information content (AvgIpc) is 2.67. The van der Waals surface area contributed by atoms with E-state index in [0.717, 1.165) is 6.07 Å². The largest absolute Gasteiger partial charge is 0.370 e. The molecule has 0 spiro atoms. The van der Waals surface area contributed by atoms with E-state index in [0.29, 0.717) is 24.3 Å². The van der Waals surface area contributed by atoms with Crippen LogP contribution in [-0.2, 0) is 17.2 Å². The molecule has 0 aliphatic rings. The van der Waals surface area contributed by atoms with Gasteiger partial charge in [0.25, 0.3) is 0 Å². The van der Waals surface area contributed by atoms with Gasteiger partial charge in [0.2, 0.25) is 5.91 Å². The van der Waals surface area contributed by atoms with Crippen LogP contribution in [-0.4, -0.2) is 15.5 Å². The van der Waals surface area contributed by atoms with Crippen LogP contribution in [0, 0.1) is 11.6 Å². The molecule has 2 aromatic rings. The zero-order valence-electron chi connectivity index (χ0n) is 10.00. The highest BCUT2D eigenvalue weighted by Gasteiger charge is 2.14. The first-order valence-electron chi connectivity index (χ1n) is 5.71. The number of halogens is 3. The summed E-state index contributed by atoms with van der Waals surface area (Å²) in [5.74, 6) is -1.32. The number of fused-ring (bicyclic) bond motifs is 1. The molecular formula is C12H12ClF2N3O. The third kappa shape index (κ3) is 2.84. The SMILES string of the molecule is NC(=O)CCCn1c(CCl)nc2c(F)cc(F)cc21. The first-order chi connectivity index (χ1) is 9.02. The van der Waals surface area contributed by atoms with Gasteiger partial charge in [-0.15, -0.1) is 11.6 Å². The second-order valence-electron chi connectivity index (χ2n) is 4.14. The monoisotopic (exact) mass is 287 g/mol. The standard InChI is InChI=1S/C12H12ClF2N3O/c13-6-11-17-12-8(15)4-7(14)5-9(12)18(11)3-1-2-10(16)19/h4-5H,1-3,6H2,(H2,16,19). The van der Waals surface area contributed by atoms with E-state index in [4.69, 9.17) is 17.3 Å². The van der Waals surface area contributed by atoms with Crippen molar-refractivity contribution in [2.24, 2.45) is 5.73 Å². The summed E-state index contributed by atoms with van der Waals surface area (Å²) in [5.41, 5.74) is 5.46. The van der Waals surface area contributed by atoms with Gasteiger partial charge in [0.15, 0.2) is 5.82 Å². The minimum absolute atomic E-state index is 0.0757. The number of nitrogens with two attached hydrogens (primary N) is 1. The van der Waals surface area contributed by atoms with E-state index in [2.05, 4.69) is 4.98 Å². The highest BCUT2D eigenvalue weighted by molar-refractivity contribution is 6.16. The number of amides is 1. The first kappa shape index (κ1) is 13.7. The molecule has 1 heterocycles. The summed E-state index contributed by atoms with van der Waals surface area (Å²) in [6.07, 6.45) is 0.655. The Bertz CT molecular complexity index is 627. The Labute approximate surface area is 113 Å². The Kier molecular flexibility index (Phi) is 3.99. The number of rotatable bonds is 5. The topological polar surface area (TPSA) is 60.9 Å². The summed E-state index contributed by atoms with van der Waals surface area (Å²) in [5, 5.41) is 0. The Hall–Kier alpha value is -1.69. The molecule has 2 rings (SSSR count). The van der Waals surface area contributed by atoms with Gasteiger partial charge in [-0.3, -0.25) is 4.79 Å². The molecule has 0 atom stereocenters. The lowest BCUT2D eigenvalue weighted by molar-refractivity contribution is -0.118. The number of hydrogen-bond acceptors (Lipinski definition) is 2. The van der Waals surface area contributed by atoms with E-state index in [1.807, 2.05) is 0 Å². The molecule has 7 heteroatoms. The van der Waals surface area contributed by atoms with E-state index in [9.17, 15) is 13.6 Å². The summed E-state index contributed by atoms with van der Waals surface area (Å²) in [6, 6.07) is 1.98. The highest BCUT2D eigenvalue weighted by atomic mass is 35.5. The fourth-order valence-corrected chi connectivity index (χ4v) is 2.16. The number of benzene rings is 1. The molecule has 0 aliphatic heterocycles. The van der Waals surface area contributed by atoms with Gasteiger partial charge < -0.3 is 10.3 Å². The Morgan fingerprint density at radius 2 is 2.16 bits per heavy atom. The number of alkyl halides is 1. The van der Waals surface area contributed by atoms with Crippen molar-refractivity contribution in [3.63, 3.8) is 0 Å². The van der Waals surface area contributed by atoms with Gasteiger partial charge in [0.1, 0.15) is 17.2 Å². The smallest absolute Gasteiger partial charge is 0.217 e. The van der Waals surface area contributed by atoms with Crippen molar-refractivity contribution in [1.82, 2.24) is 9.55 Å². The Morgan fingerprint density at radius 3 is 2.79 bits per heavy atom. The van der Waals surface area contributed by atoms with Crippen molar-refractivity contribution >= 4 is 28.5 Å². The third-order valence-electron chi connectivity index (χ3n) is 2.78. The Morgan fingerprint density at radius 1 is 1.42 bits per heavy atom. The van der Waals surface area contributed by atoms with Gasteiger partial charge in [0.05, 0.1) is 11.4 Å². The molecule has 0 saturated heterocycles. The van der Waals surface area contributed by atoms with Gasteiger partial charge in [-0.2, -0.15) is 0 Å². The maximum absolute atomic E-state index is 13.6. The number of hydrogen-bond donors (Lipinski definition) is 1. The molecule has 4 nitrogen and oxygen atoms in total. The van der Waals surface area contributed by atoms with Crippen molar-refractivity contribution < 1.29 is 13.6 Å². The Balaban J connectivity index is 2.42. The quantitative estimate of drug-likeness (QED) is 0.858. The van der Waals surface area contributed by atoms with Crippen LogP contribution in [0.25, 0.3) is 11.0 Å². The lowest BCUT2D eigenvalue weighted by atomic mass is 10.2. The fourth-order valence-electron chi connectivity index (χ4n) is 1.96. The number of carbonyl (C=O) groups excluding carboxylic acids is 1. The first-order valence-corrected chi connectivity index (χ1v) is 6.25. The average molecular weight is 288 g/mol. The van der Waals surface area contributed by atoms with Crippen LogP contribution in [0.5, 0.6) is 0 Å². The van der Waals surface area contributed by atoms with Crippen molar-refractivity contribution in [1.29, 1.82) is 0 Å². The maximum atomic E-state index is 13.6.